The summed E-state index contributed by atoms with van der Waals surface area (Å²) in [5, 5.41) is 8.51. The van der Waals surface area contributed by atoms with Gasteiger partial charge in [0.05, 0.1) is 5.69 Å². The van der Waals surface area contributed by atoms with Gasteiger partial charge in [-0.25, -0.2) is 0 Å². The fourth-order valence-electron chi connectivity index (χ4n) is 1.23. The van der Waals surface area contributed by atoms with Crippen LogP contribution in [0, 0.1) is 6.92 Å². The first kappa shape index (κ1) is 10.9. The summed E-state index contributed by atoms with van der Waals surface area (Å²) < 4.78 is 5.47. The lowest BCUT2D eigenvalue weighted by molar-refractivity contribution is 0.290. The van der Waals surface area contributed by atoms with E-state index in [1.807, 2.05) is 37.3 Å². The van der Waals surface area contributed by atoms with E-state index in [1.165, 1.54) is 0 Å². The molecule has 0 aliphatic carbocycles. The molecule has 0 aliphatic heterocycles. The third-order valence-electron chi connectivity index (χ3n) is 2.11. The van der Waals surface area contributed by atoms with Gasteiger partial charge in [-0.3, -0.25) is 0 Å². The van der Waals surface area contributed by atoms with Gasteiger partial charge < -0.3 is 4.74 Å². The molecule has 4 heteroatoms. The largest absolute Gasteiger partial charge is 0.472 e. The van der Waals surface area contributed by atoms with Crippen molar-refractivity contribution in [3.8, 4) is 5.88 Å². The highest BCUT2D eigenvalue weighted by molar-refractivity contribution is 6.31. The Morgan fingerprint density at radius 2 is 1.94 bits per heavy atom. The van der Waals surface area contributed by atoms with Crippen LogP contribution in [0.3, 0.4) is 0 Å². The summed E-state index contributed by atoms with van der Waals surface area (Å²) in [4.78, 5) is 0. The lowest BCUT2D eigenvalue weighted by atomic mass is 10.2. The van der Waals surface area contributed by atoms with E-state index in [-0.39, 0.29) is 0 Å². The average molecular weight is 235 g/mol. The summed E-state index contributed by atoms with van der Waals surface area (Å²) in [5.41, 5.74) is 1.80. The molecule has 0 saturated heterocycles. The van der Waals surface area contributed by atoms with Gasteiger partial charge in [0.2, 0.25) is 5.88 Å². The van der Waals surface area contributed by atoms with Crippen LogP contribution < -0.4 is 4.74 Å². The van der Waals surface area contributed by atoms with Crippen LogP contribution in [0.15, 0.2) is 36.4 Å². The van der Waals surface area contributed by atoms with Crippen LogP contribution in [0.4, 0.5) is 0 Å². The highest BCUT2D eigenvalue weighted by atomic mass is 35.5. The van der Waals surface area contributed by atoms with Crippen molar-refractivity contribution in [1.29, 1.82) is 0 Å². The van der Waals surface area contributed by atoms with Crippen molar-refractivity contribution >= 4 is 11.6 Å². The summed E-state index contributed by atoms with van der Waals surface area (Å²) in [6.45, 7) is 2.28. The van der Waals surface area contributed by atoms with Gasteiger partial charge in [-0.05, 0) is 19.1 Å². The van der Waals surface area contributed by atoms with Crippen LogP contribution in [-0.2, 0) is 6.61 Å². The summed E-state index contributed by atoms with van der Waals surface area (Å²) in [5.74, 6) is 0.505. The number of hydrogen-bond donors (Lipinski definition) is 0. The zero-order valence-electron chi connectivity index (χ0n) is 8.85. The van der Waals surface area contributed by atoms with Crippen molar-refractivity contribution in [2.45, 2.75) is 13.5 Å². The molecule has 2 aromatic rings. The number of hydrogen-bond acceptors (Lipinski definition) is 3. The molecule has 1 heterocycles. The van der Waals surface area contributed by atoms with Gasteiger partial charge >= 0.3 is 0 Å². The van der Waals surface area contributed by atoms with Gasteiger partial charge in [-0.2, -0.15) is 5.10 Å². The quantitative estimate of drug-likeness (QED) is 0.819. The Labute approximate surface area is 99.0 Å². The lowest BCUT2D eigenvalue weighted by Gasteiger charge is -2.05. The summed E-state index contributed by atoms with van der Waals surface area (Å²) in [7, 11) is 0. The number of benzene rings is 1. The molecule has 0 radical (unpaired) electrons. The minimum absolute atomic E-state index is 0.400. The normalized spacial score (nSPS) is 10.1. The second-order valence-electron chi connectivity index (χ2n) is 3.39. The first-order chi connectivity index (χ1) is 7.75. The maximum atomic E-state index is 6.00. The van der Waals surface area contributed by atoms with Crippen molar-refractivity contribution in [2.75, 3.05) is 0 Å². The fraction of sp³-hybridized carbons (Fsp3) is 0.167. The number of aryl methyl sites for hydroxylation is 1. The monoisotopic (exact) mass is 234 g/mol. The number of halogens is 1. The van der Waals surface area contributed by atoms with Crippen LogP contribution in [-0.4, -0.2) is 10.2 Å². The zero-order valence-corrected chi connectivity index (χ0v) is 9.61. The van der Waals surface area contributed by atoms with Gasteiger partial charge in [0.1, 0.15) is 6.61 Å². The fourth-order valence-corrected chi connectivity index (χ4v) is 1.42. The van der Waals surface area contributed by atoms with Crippen molar-refractivity contribution < 1.29 is 4.74 Å². The van der Waals surface area contributed by atoms with Gasteiger partial charge in [-0.1, -0.05) is 29.8 Å². The molecule has 0 spiro atoms. The van der Waals surface area contributed by atoms with E-state index < -0.39 is 0 Å². The van der Waals surface area contributed by atoms with E-state index in [0.717, 1.165) is 11.3 Å². The van der Waals surface area contributed by atoms with E-state index in [0.29, 0.717) is 17.5 Å². The number of ether oxygens (including phenoxy) is 1. The summed E-state index contributed by atoms with van der Waals surface area (Å²) in [6, 6.07) is 11.2. The molecule has 0 atom stereocenters. The van der Waals surface area contributed by atoms with E-state index in [2.05, 4.69) is 10.2 Å². The van der Waals surface area contributed by atoms with E-state index in [1.54, 1.807) is 6.07 Å². The highest BCUT2D eigenvalue weighted by Crippen LogP contribution is 2.16. The molecule has 82 valence electrons. The second-order valence-corrected chi connectivity index (χ2v) is 3.80. The van der Waals surface area contributed by atoms with Crippen molar-refractivity contribution in [1.82, 2.24) is 10.2 Å². The van der Waals surface area contributed by atoms with Crippen LogP contribution in [0.1, 0.15) is 11.3 Å². The molecule has 3 nitrogen and oxygen atoms in total. The maximum Gasteiger partial charge on any atom is 0.233 e. The Balaban J connectivity index is 2.02. The predicted molar refractivity (Wildman–Crippen MR) is 62.6 cm³/mol. The second kappa shape index (κ2) is 4.94. The number of rotatable bonds is 3. The SMILES string of the molecule is Cc1ccc(OCc2ccccc2Cl)nn1. The standard InChI is InChI=1S/C12H11ClN2O/c1-9-6-7-12(15-14-9)16-8-10-4-2-3-5-11(10)13/h2-7H,8H2,1H3. The third-order valence-corrected chi connectivity index (χ3v) is 2.48. The molecule has 2 rings (SSSR count). The molecule has 1 aromatic carbocycles. The van der Waals surface area contributed by atoms with Gasteiger partial charge in [-0.15, -0.1) is 5.10 Å². The van der Waals surface area contributed by atoms with E-state index in [4.69, 9.17) is 16.3 Å². The Kier molecular flexibility index (Phi) is 3.37. The third kappa shape index (κ3) is 2.70. The molecule has 0 N–H and O–H groups in total. The summed E-state index contributed by atoms with van der Waals surface area (Å²) in [6.07, 6.45) is 0. The first-order valence-corrected chi connectivity index (χ1v) is 5.30. The average Bonchev–Trinajstić information content (AvgIpc) is 2.30. The van der Waals surface area contributed by atoms with Gasteiger partial charge in [0.25, 0.3) is 0 Å². The smallest absolute Gasteiger partial charge is 0.233 e. The topological polar surface area (TPSA) is 35.0 Å². The predicted octanol–water partition coefficient (Wildman–Crippen LogP) is 3.02. The molecular weight excluding hydrogens is 224 g/mol. The summed E-state index contributed by atoms with van der Waals surface area (Å²) >= 11 is 6.00. The number of nitrogens with zero attached hydrogens (tertiary/aromatic N) is 2. The van der Waals surface area contributed by atoms with Crippen molar-refractivity contribution in [2.24, 2.45) is 0 Å². The molecule has 16 heavy (non-hydrogen) atoms. The minimum Gasteiger partial charge on any atom is -0.472 e. The maximum absolute atomic E-state index is 6.00. The Morgan fingerprint density at radius 3 is 2.62 bits per heavy atom. The Bertz CT molecular complexity index is 471. The lowest BCUT2D eigenvalue weighted by Crippen LogP contribution is -1.99. The first-order valence-electron chi connectivity index (χ1n) is 4.92. The highest BCUT2D eigenvalue weighted by Gasteiger charge is 2.01. The zero-order chi connectivity index (χ0) is 11.4. The van der Waals surface area contributed by atoms with Crippen molar-refractivity contribution in [3.05, 3.63) is 52.7 Å². The molecular formula is C12H11ClN2O. The van der Waals surface area contributed by atoms with Crippen LogP contribution in [0.2, 0.25) is 5.02 Å². The molecule has 0 saturated carbocycles. The van der Waals surface area contributed by atoms with E-state index in [9.17, 15) is 0 Å². The van der Waals surface area contributed by atoms with Crippen LogP contribution >= 0.6 is 11.6 Å². The van der Waals surface area contributed by atoms with Crippen molar-refractivity contribution in [3.63, 3.8) is 0 Å². The van der Waals surface area contributed by atoms with Crippen LogP contribution in [0.5, 0.6) is 5.88 Å². The van der Waals surface area contributed by atoms with Gasteiger partial charge in [0, 0.05) is 16.7 Å². The molecule has 0 amide bonds. The molecule has 1 aromatic heterocycles. The van der Waals surface area contributed by atoms with Gasteiger partial charge in [0.15, 0.2) is 0 Å². The molecule has 0 bridgehead atoms. The minimum atomic E-state index is 0.400. The molecule has 0 unspecified atom stereocenters. The van der Waals surface area contributed by atoms with Crippen LogP contribution in [0.25, 0.3) is 0 Å². The number of aromatic nitrogens is 2. The molecule has 0 aliphatic rings. The Morgan fingerprint density at radius 1 is 1.12 bits per heavy atom. The molecule has 0 fully saturated rings. The van der Waals surface area contributed by atoms with E-state index >= 15 is 0 Å². The Hall–Kier alpha value is -1.61.